The Hall–Kier alpha value is -3.20. The van der Waals surface area contributed by atoms with Crippen LogP contribution in [-0.2, 0) is 11.2 Å². The number of aryl methyl sites for hydroxylation is 1. The van der Waals surface area contributed by atoms with Gasteiger partial charge >= 0.3 is 6.03 Å². The normalized spacial score (nSPS) is 19.9. The summed E-state index contributed by atoms with van der Waals surface area (Å²) in [6, 6.07) is 17.0. The van der Waals surface area contributed by atoms with Gasteiger partial charge in [-0.2, -0.15) is 0 Å². The molecule has 1 N–H and O–H groups in total. The van der Waals surface area contributed by atoms with Crippen LogP contribution >= 0.6 is 15.9 Å². The standard InChI is InChI=1S/C22H21BrN6O2/c1-27-20-17(19(30)24-22(27)31)28(13-5-8-14-6-3-2-4-7-14)21-26-25-18(29(20)21)15-9-11-16(23)12-10-15/h2-4,6-7,9-12,17,20H,5,8,13H2,1H3,(H,24,30,31). The molecule has 1 aromatic heterocycles. The first-order chi connectivity index (χ1) is 15.0. The zero-order valence-corrected chi connectivity index (χ0v) is 18.5. The Morgan fingerprint density at radius 2 is 1.77 bits per heavy atom. The number of anilines is 1. The van der Waals surface area contributed by atoms with Crippen molar-refractivity contribution in [1.29, 1.82) is 0 Å². The molecule has 2 aromatic carbocycles. The molecule has 31 heavy (non-hydrogen) atoms. The number of imide groups is 1. The van der Waals surface area contributed by atoms with E-state index in [1.807, 2.05) is 51.9 Å². The summed E-state index contributed by atoms with van der Waals surface area (Å²) in [6.07, 6.45) is 1.24. The van der Waals surface area contributed by atoms with E-state index >= 15 is 0 Å². The molecule has 0 spiro atoms. The van der Waals surface area contributed by atoms with Crippen LogP contribution in [0.5, 0.6) is 0 Å². The monoisotopic (exact) mass is 480 g/mol. The third kappa shape index (κ3) is 3.38. The van der Waals surface area contributed by atoms with Crippen LogP contribution in [0.1, 0.15) is 18.2 Å². The molecule has 8 nitrogen and oxygen atoms in total. The van der Waals surface area contributed by atoms with Crippen LogP contribution in [0.15, 0.2) is 59.1 Å². The van der Waals surface area contributed by atoms with Crippen LogP contribution in [0.25, 0.3) is 11.4 Å². The molecule has 0 radical (unpaired) electrons. The molecule has 2 atom stereocenters. The summed E-state index contributed by atoms with van der Waals surface area (Å²) in [4.78, 5) is 28.8. The average Bonchev–Trinajstić information content (AvgIpc) is 3.33. The minimum atomic E-state index is -0.543. The van der Waals surface area contributed by atoms with Gasteiger partial charge < -0.3 is 9.80 Å². The van der Waals surface area contributed by atoms with E-state index in [1.165, 1.54) is 5.56 Å². The van der Waals surface area contributed by atoms with E-state index in [2.05, 4.69) is 43.6 Å². The van der Waals surface area contributed by atoms with Gasteiger partial charge in [0, 0.05) is 23.6 Å². The van der Waals surface area contributed by atoms with Crippen molar-refractivity contribution in [2.45, 2.75) is 25.0 Å². The maximum Gasteiger partial charge on any atom is 0.325 e. The smallest absolute Gasteiger partial charge is 0.325 e. The van der Waals surface area contributed by atoms with E-state index in [-0.39, 0.29) is 5.91 Å². The molecule has 2 aliphatic heterocycles. The highest BCUT2D eigenvalue weighted by Crippen LogP contribution is 2.40. The number of hydrogen-bond donors (Lipinski definition) is 1. The SMILES string of the molecule is CN1C(=O)NC(=O)C2C1n1c(-c3ccc(Br)cc3)nnc1N2CCCc1ccccc1. The molecule has 0 saturated carbocycles. The van der Waals surface area contributed by atoms with Crippen LogP contribution in [-0.4, -0.2) is 51.2 Å². The number of rotatable bonds is 5. The Bertz CT molecular complexity index is 1130. The highest BCUT2D eigenvalue weighted by Gasteiger charge is 2.52. The zero-order chi connectivity index (χ0) is 21.5. The van der Waals surface area contributed by atoms with Crippen LogP contribution in [0.4, 0.5) is 10.7 Å². The van der Waals surface area contributed by atoms with Crippen molar-refractivity contribution in [2.75, 3.05) is 18.5 Å². The van der Waals surface area contributed by atoms with Gasteiger partial charge in [-0.25, -0.2) is 4.79 Å². The van der Waals surface area contributed by atoms with E-state index < -0.39 is 18.2 Å². The lowest BCUT2D eigenvalue weighted by molar-refractivity contribution is -0.124. The molecular weight excluding hydrogens is 460 g/mol. The highest BCUT2D eigenvalue weighted by molar-refractivity contribution is 9.10. The van der Waals surface area contributed by atoms with E-state index in [4.69, 9.17) is 0 Å². The van der Waals surface area contributed by atoms with E-state index in [9.17, 15) is 9.59 Å². The maximum absolute atomic E-state index is 12.9. The van der Waals surface area contributed by atoms with E-state index in [0.717, 1.165) is 22.9 Å². The van der Waals surface area contributed by atoms with Crippen molar-refractivity contribution in [3.63, 3.8) is 0 Å². The molecule has 3 heterocycles. The van der Waals surface area contributed by atoms with Gasteiger partial charge in [0.25, 0.3) is 5.91 Å². The number of carbonyl (C=O) groups excluding carboxylic acids is 2. The summed E-state index contributed by atoms with van der Waals surface area (Å²) in [7, 11) is 1.70. The first-order valence-corrected chi connectivity index (χ1v) is 10.9. The van der Waals surface area contributed by atoms with Crippen LogP contribution in [0.2, 0.25) is 0 Å². The number of amides is 3. The zero-order valence-electron chi connectivity index (χ0n) is 16.9. The predicted molar refractivity (Wildman–Crippen MR) is 119 cm³/mol. The molecule has 0 bridgehead atoms. The molecule has 3 amide bonds. The van der Waals surface area contributed by atoms with Crippen LogP contribution in [0, 0.1) is 0 Å². The first-order valence-electron chi connectivity index (χ1n) is 10.1. The summed E-state index contributed by atoms with van der Waals surface area (Å²) >= 11 is 3.45. The van der Waals surface area contributed by atoms with E-state index in [0.29, 0.717) is 18.3 Å². The Kier molecular flexibility index (Phi) is 4.97. The van der Waals surface area contributed by atoms with Crippen molar-refractivity contribution in [3.05, 3.63) is 64.6 Å². The lowest BCUT2D eigenvalue weighted by atomic mass is 10.1. The fraction of sp³-hybridized carbons (Fsp3) is 0.273. The number of hydrogen-bond acceptors (Lipinski definition) is 5. The van der Waals surface area contributed by atoms with Crippen molar-refractivity contribution < 1.29 is 9.59 Å². The van der Waals surface area contributed by atoms with Crippen molar-refractivity contribution >= 4 is 33.8 Å². The van der Waals surface area contributed by atoms with Gasteiger partial charge in [-0.3, -0.25) is 14.7 Å². The first kappa shape index (κ1) is 19.7. The number of likely N-dealkylation sites (N-methyl/N-ethyl adjacent to an activating group) is 1. The Morgan fingerprint density at radius 3 is 2.52 bits per heavy atom. The topological polar surface area (TPSA) is 83.4 Å². The third-order valence-electron chi connectivity index (χ3n) is 5.84. The fourth-order valence-electron chi connectivity index (χ4n) is 4.33. The second kappa shape index (κ2) is 7.81. The third-order valence-corrected chi connectivity index (χ3v) is 6.37. The molecule has 9 heteroatoms. The highest BCUT2D eigenvalue weighted by atomic mass is 79.9. The number of urea groups is 1. The molecule has 0 aliphatic carbocycles. The number of fused-ring (bicyclic) bond motifs is 3. The van der Waals surface area contributed by atoms with Gasteiger partial charge in [-0.15, -0.1) is 10.2 Å². The Morgan fingerprint density at radius 1 is 1.03 bits per heavy atom. The molecule has 2 unspecified atom stereocenters. The minimum absolute atomic E-state index is 0.305. The summed E-state index contributed by atoms with van der Waals surface area (Å²) in [5.41, 5.74) is 2.12. The quantitative estimate of drug-likeness (QED) is 0.605. The summed E-state index contributed by atoms with van der Waals surface area (Å²) < 4.78 is 2.87. The second-order valence-electron chi connectivity index (χ2n) is 7.75. The summed E-state index contributed by atoms with van der Waals surface area (Å²) in [6.45, 7) is 0.629. The lowest BCUT2D eigenvalue weighted by Gasteiger charge is -2.37. The van der Waals surface area contributed by atoms with Crippen molar-refractivity contribution in [2.24, 2.45) is 0 Å². The average molecular weight is 481 g/mol. The van der Waals surface area contributed by atoms with Gasteiger partial charge in [0.15, 0.2) is 11.9 Å². The molecule has 1 saturated heterocycles. The van der Waals surface area contributed by atoms with Crippen LogP contribution < -0.4 is 10.2 Å². The number of nitrogens with one attached hydrogen (secondary N) is 1. The summed E-state index contributed by atoms with van der Waals surface area (Å²) in [5.74, 6) is 0.940. The molecule has 3 aromatic rings. The molecular formula is C22H21BrN6O2. The van der Waals surface area contributed by atoms with Gasteiger partial charge in [0.1, 0.15) is 6.17 Å². The Labute approximate surface area is 188 Å². The number of carbonyl (C=O) groups is 2. The predicted octanol–water partition coefficient (Wildman–Crippen LogP) is 3.21. The molecule has 1 fully saturated rings. The van der Waals surface area contributed by atoms with Gasteiger partial charge in [0.2, 0.25) is 5.95 Å². The fourth-order valence-corrected chi connectivity index (χ4v) is 4.60. The number of nitrogens with zero attached hydrogens (tertiary/aromatic N) is 5. The van der Waals surface area contributed by atoms with Gasteiger partial charge in [-0.1, -0.05) is 58.4 Å². The summed E-state index contributed by atoms with van der Waals surface area (Å²) in [5, 5.41) is 11.3. The second-order valence-corrected chi connectivity index (χ2v) is 8.66. The van der Waals surface area contributed by atoms with Gasteiger partial charge in [-0.05, 0) is 30.5 Å². The van der Waals surface area contributed by atoms with E-state index in [1.54, 1.807) is 11.9 Å². The van der Waals surface area contributed by atoms with Crippen molar-refractivity contribution in [1.82, 2.24) is 25.0 Å². The number of halogens is 1. The minimum Gasteiger partial charge on any atom is -0.325 e. The van der Waals surface area contributed by atoms with Gasteiger partial charge in [0.05, 0.1) is 0 Å². The van der Waals surface area contributed by atoms with Crippen LogP contribution in [0.3, 0.4) is 0 Å². The largest absolute Gasteiger partial charge is 0.325 e. The molecule has 158 valence electrons. The lowest BCUT2D eigenvalue weighted by Crippen LogP contribution is -2.61. The maximum atomic E-state index is 12.9. The van der Waals surface area contributed by atoms with Crippen molar-refractivity contribution in [3.8, 4) is 11.4 Å². The molecule has 2 aliphatic rings. The number of benzene rings is 2. The Balaban J connectivity index is 1.50. The number of aromatic nitrogens is 3. The molecule has 5 rings (SSSR count).